The molecule has 0 unspecified atom stereocenters. The molecule has 0 amide bonds. The highest BCUT2D eigenvalue weighted by Crippen LogP contribution is 2.44. The molecule has 1 rings (SSSR count). The highest BCUT2D eigenvalue weighted by atomic mass is 16.3. The van der Waals surface area contributed by atoms with E-state index in [2.05, 4.69) is 13.8 Å². The van der Waals surface area contributed by atoms with E-state index in [0.717, 1.165) is 6.42 Å². The molecule has 0 aliphatic heterocycles. The normalized spacial score (nSPS) is 36.5. The average Bonchev–Trinajstić information content (AvgIpc) is 2.13. The first kappa shape index (κ1) is 13.7. The first-order valence-electron chi connectivity index (χ1n) is 6.02. The van der Waals surface area contributed by atoms with Crippen molar-refractivity contribution in [2.24, 2.45) is 17.3 Å². The minimum atomic E-state index is -0.456. The van der Waals surface area contributed by atoms with Gasteiger partial charge in [0.05, 0.1) is 12.2 Å². The lowest BCUT2D eigenvalue weighted by atomic mass is 9.63. The molecule has 1 aliphatic carbocycles. The summed E-state index contributed by atoms with van der Waals surface area (Å²) in [6, 6.07) is 0. The highest BCUT2D eigenvalue weighted by molar-refractivity contribution is 5.03. The highest BCUT2D eigenvalue weighted by Gasteiger charge is 2.40. The van der Waals surface area contributed by atoms with Gasteiger partial charge in [0, 0.05) is 6.61 Å². The number of hydrogen-bond acceptors (Lipinski definition) is 3. The number of aliphatic hydroxyl groups excluding tert-OH is 3. The van der Waals surface area contributed by atoms with Crippen LogP contribution in [-0.2, 0) is 0 Å². The molecule has 94 valence electrons. The third kappa shape index (κ3) is 3.30. The van der Waals surface area contributed by atoms with Crippen molar-refractivity contribution >= 4 is 0 Å². The van der Waals surface area contributed by atoms with Crippen LogP contribution in [0.5, 0.6) is 0 Å². The zero-order chi connectivity index (χ0) is 12.3. The lowest BCUT2D eigenvalue weighted by Crippen LogP contribution is -2.41. The second kappa shape index (κ2) is 5.30. The first-order valence-corrected chi connectivity index (χ1v) is 6.02. The standard InChI is InChI=1S/C13H24O3/c1-9(15)4-5-12-10(8-14)6-11(16)7-13(12,2)3/h4-5,9-12,14-16H,6-8H2,1-3H3/t9-,10+,11+,12+/m1/s1. The molecule has 0 bridgehead atoms. The number of hydrogen-bond donors (Lipinski definition) is 3. The molecule has 0 radical (unpaired) electrons. The zero-order valence-electron chi connectivity index (χ0n) is 10.4. The van der Waals surface area contributed by atoms with E-state index < -0.39 is 6.10 Å². The van der Waals surface area contributed by atoms with E-state index in [9.17, 15) is 15.3 Å². The van der Waals surface area contributed by atoms with E-state index in [1.165, 1.54) is 0 Å². The van der Waals surface area contributed by atoms with Gasteiger partial charge in [-0.2, -0.15) is 0 Å². The predicted octanol–water partition coefficient (Wildman–Crippen LogP) is 1.33. The molecule has 1 fully saturated rings. The summed E-state index contributed by atoms with van der Waals surface area (Å²) in [5, 5.41) is 28.4. The Labute approximate surface area is 97.8 Å². The summed E-state index contributed by atoms with van der Waals surface area (Å²) in [6.07, 6.45) is 4.39. The van der Waals surface area contributed by atoms with E-state index in [1.807, 2.05) is 6.08 Å². The second-order valence-electron chi connectivity index (χ2n) is 5.68. The largest absolute Gasteiger partial charge is 0.396 e. The van der Waals surface area contributed by atoms with Crippen LogP contribution in [-0.4, -0.2) is 34.1 Å². The van der Waals surface area contributed by atoms with Crippen LogP contribution in [0.1, 0.15) is 33.6 Å². The molecule has 0 aromatic heterocycles. The van der Waals surface area contributed by atoms with Crippen LogP contribution < -0.4 is 0 Å². The third-order valence-electron chi connectivity index (χ3n) is 3.58. The number of rotatable bonds is 3. The SMILES string of the molecule is C[C@@H](O)C=C[C@H]1[C@H](CO)C[C@H](O)CC1(C)C. The van der Waals surface area contributed by atoms with Crippen LogP contribution in [0.15, 0.2) is 12.2 Å². The van der Waals surface area contributed by atoms with Gasteiger partial charge in [-0.25, -0.2) is 0 Å². The van der Waals surface area contributed by atoms with Gasteiger partial charge >= 0.3 is 0 Å². The van der Waals surface area contributed by atoms with Crippen molar-refractivity contribution in [3.05, 3.63) is 12.2 Å². The van der Waals surface area contributed by atoms with E-state index in [1.54, 1.807) is 13.0 Å². The molecule has 3 nitrogen and oxygen atoms in total. The first-order chi connectivity index (χ1) is 7.36. The summed E-state index contributed by atoms with van der Waals surface area (Å²) in [6.45, 7) is 6.02. The monoisotopic (exact) mass is 228 g/mol. The molecule has 1 saturated carbocycles. The quantitative estimate of drug-likeness (QED) is 0.639. The van der Waals surface area contributed by atoms with Crippen molar-refractivity contribution < 1.29 is 15.3 Å². The van der Waals surface area contributed by atoms with Gasteiger partial charge in [0.15, 0.2) is 0 Å². The van der Waals surface area contributed by atoms with Crippen LogP contribution >= 0.6 is 0 Å². The van der Waals surface area contributed by atoms with Crippen molar-refractivity contribution in [3.63, 3.8) is 0 Å². The zero-order valence-corrected chi connectivity index (χ0v) is 10.4. The van der Waals surface area contributed by atoms with Crippen molar-refractivity contribution in [2.45, 2.75) is 45.8 Å². The molecule has 3 N–H and O–H groups in total. The van der Waals surface area contributed by atoms with Gasteiger partial charge < -0.3 is 15.3 Å². The fraction of sp³-hybridized carbons (Fsp3) is 0.846. The van der Waals surface area contributed by atoms with Gasteiger partial charge in [-0.05, 0) is 37.0 Å². The molecule has 3 heteroatoms. The maximum absolute atomic E-state index is 9.76. The number of allylic oxidation sites excluding steroid dienone is 1. The van der Waals surface area contributed by atoms with E-state index in [4.69, 9.17) is 0 Å². The molecule has 0 aromatic rings. The van der Waals surface area contributed by atoms with Crippen LogP contribution in [0, 0.1) is 17.3 Å². The van der Waals surface area contributed by atoms with Gasteiger partial charge in [-0.3, -0.25) is 0 Å². The minimum Gasteiger partial charge on any atom is -0.396 e. The summed E-state index contributed by atoms with van der Waals surface area (Å²) in [5.41, 5.74) is -0.0313. The third-order valence-corrected chi connectivity index (χ3v) is 3.58. The Morgan fingerprint density at radius 2 is 2.06 bits per heavy atom. The molecular weight excluding hydrogens is 204 g/mol. The molecule has 0 spiro atoms. The van der Waals surface area contributed by atoms with Crippen molar-refractivity contribution in [2.75, 3.05) is 6.61 Å². The Morgan fingerprint density at radius 1 is 1.44 bits per heavy atom. The van der Waals surface area contributed by atoms with E-state index in [-0.39, 0.29) is 30.0 Å². The van der Waals surface area contributed by atoms with Crippen LogP contribution in [0.3, 0.4) is 0 Å². The smallest absolute Gasteiger partial charge is 0.0692 e. The van der Waals surface area contributed by atoms with Gasteiger partial charge in [-0.1, -0.05) is 26.0 Å². The molecule has 0 saturated heterocycles. The maximum atomic E-state index is 9.76. The summed E-state index contributed by atoms with van der Waals surface area (Å²) < 4.78 is 0. The predicted molar refractivity (Wildman–Crippen MR) is 63.9 cm³/mol. The van der Waals surface area contributed by atoms with Crippen LogP contribution in [0.4, 0.5) is 0 Å². The summed E-state index contributed by atoms with van der Waals surface area (Å²) in [4.78, 5) is 0. The molecule has 4 atom stereocenters. The van der Waals surface area contributed by atoms with Crippen LogP contribution in [0.2, 0.25) is 0 Å². The van der Waals surface area contributed by atoms with Crippen molar-refractivity contribution in [1.82, 2.24) is 0 Å². The average molecular weight is 228 g/mol. The van der Waals surface area contributed by atoms with Gasteiger partial charge in [0.25, 0.3) is 0 Å². The lowest BCUT2D eigenvalue weighted by molar-refractivity contribution is -0.0172. The van der Waals surface area contributed by atoms with E-state index >= 15 is 0 Å². The van der Waals surface area contributed by atoms with Crippen molar-refractivity contribution in [1.29, 1.82) is 0 Å². The Morgan fingerprint density at radius 3 is 2.56 bits per heavy atom. The van der Waals surface area contributed by atoms with Gasteiger partial charge in [-0.15, -0.1) is 0 Å². The van der Waals surface area contributed by atoms with Gasteiger partial charge in [0.1, 0.15) is 0 Å². The Bertz CT molecular complexity index is 246. The molecular formula is C13H24O3. The fourth-order valence-corrected chi connectivity index (χ4v) is 2.85. The summed E-state index contributed by atoms with van der Waals surface area (Å²) in [5.74, 6) is 0.309. The molecule has 0 aromatic carbocycles. The van der Waals surface area contributed by atoms with Crippen LogP contribution in [0.25, 0.3) is 0 Å². The molecule has 16 heavy (non-hydrogen) atoms. The van der Waals surface area contributed by atoms with Gasteiger partial charge in [0.2, 0.25) is 0 Å². The molecule has 1 aliphatic rings. The summed E-state index contributed by atoms with van der Waals surface area (Å²) in [7, 11) is 0. The fourth-order valence-electron chi connectivity index (χ4n) is 2.85. The van der Waals surface area contributed by atoms with E-state index in [0.29, 0.717) is 6.42 Å². The Kier molecular flexibility index (Phi) is 4.53. The number of aliphatic hydroxyl groups is 3. The minimum absolute atomic E-state index is 0.0313. The Hall–Kier alpha value is -0.380. The lowest BCUT2D eigenvalue weighted by Gasteiger charge is -2.44. The molecule has 0 heterocycles. The summed E-state index contributed by atoms with van der Waals surface area (Å²) >= 11 is 0. The topological polar surface area (TPSA) is 60.7 Å². The van der Waals surface area contributed by atoms with Crippen molar-refractivity contribution in [3.8, 4) is 0 Å². The maximum Gasteiger partial charge on any atom is 0.0692 e. The second-order valence-corrected chi connectivity index (χ2v) is 5.68. The Balaban J connectivity index is 2.82.